The Labute approximate surface area is 165 Å². The molecule has 2 rings (SSSR count). The van der Waals surface area contributed by atoms with Crippen molar-refractivity contribution in [3.63, 3.8) is 0 Å². The maximum absolute atomic E-state index is 12.5. The minimum Gasteiger partial charge on any atom is -0.480 e. The fraction of sp³-hybridized carbons (Fsp3) is 0.150. The Hall–Kier alpha value is -2.93. The number of carbonyl (C=O) groups excluding carboxylic acids is 2. The molecule has 0 aliphatic heterocycles. The largest absolute Gasteiger partial charge is 0.480 e. The van der Waals surface area contributed by atoms with E-state index < -0.39 is 23.8 Å². The molecule has 3 N–H and O–H groups in total. The third-order valence-corrected chi connectivity index (χ3v) is 4.18. The number of hydrogen-bond acceptors (Lipinski definition) is 3. The summed E-state index contributed by atoms with van der Waals surface area (Å²) >= 11 is 3.35. The Kier molecular flexibility index (Phi) is 6.90. The molecule has 1 atom stereocenters. The first kappa shape index (κ1) is 20.4. The standard InChI is InChI=1S/C20H19BrN2O4/c1-12-6-8-15(9-7-12)18(24)23-17(19(25)22-13(2)20(26)27)11-14-4-3-5-16(21)10-14/h3-11,13H,1-2H3,(H,22,25)(H,23,24)(H,26,27)/b17-11+/t13-/m1/s1. The van der Waals surface area contributed by atoms with Crippen LogP contribution in [-0.4, -0.2) is 28.9 Å². The molecule has 0 unspecified atom stereocenters. The van der Waals surface area contributed by atoms with Gasteiger partial charge in [-0.3, -0.25) is 14.4 Å². The SMILES string of the molecule is Cc1ccc(C(=O)N/C(=C/c2cccc(Br)c2)C(=O)N[C@H](C)C(=O)O)cc1. The third kappa shape index (κ3) is 6.07. The zero-order chi connectivity index (χ0) is 20.0. The lowest BCUT2D eigenvalue weighted by Crippen LogP contribution is -2.42. The van der Waals surface area contributed by atoms with Crippen LogP contribution in [0.5, 0.6) is 0 Å². The second-order valence-electron chi connectivity index (χ2n) is 5.97. The fourth-order valence-electron chi connectivity index (χ4n) is 2.16. The molecule has 2 amide bonds. The molecular weight excluding hydrogens is 412 g/mol. The highest BCUT2D eigenvalue weighted by atomic mass is 79.9. The highest BCUT2D eigenvalue weighted by Crippen LogP contribution is 2.14. The molecule has 0 aromatic heterocycles. The average Bonchev–Trinajstić information content (AvgIpc) is 2.61. The Morgan fingerprint density at radius 1 is 1.11 bits per heavy atom. The summed E-state index contributed by atoms with van der Waals surface area (Å²) in [4.78, 5) is 36.0. The van der Waals surface area contributed by atoms with Gasteiger partial charge in [0.1, 0.15) is 11.7 Å². The number of benzene rings is 2. The fourth-order valence-corrected chi connectivity index (χ4v) is 2.57. The van der Waals surface area contributed by atoms with Gasteiger partial charge in [-0.05, 0) is 49.8 Å². The predicted molar refractivity (Wildman–Crippen MR) is 106 cm³/mol. The second kappa shape index (κ2) is 9.14. The van der Waals surface area contributed by atoms with Crippen LogP contribution in [0.3, 0.4) is 0 Å². The molecule has 2 aromatic carbocycles. The van der Waals surface area contributed by atoms with E-state index in [0.717, 1.165) is 10.0 Å². The minimum absolute atomic E-state index is 0.0493. The molecule has 0 bridgehead atoms. The summed E-state index contributed by atoms with van der Waals surface area (Å²) in [5.41, 5.74) is 2.01. The molecule has 7 heteroatoms. The van der Waals surface area contributed by atoms with Gasteiger partial charge in [0.05, 0.1) is 0 Å². The van der Waals surface area contributed by atoms with Crippen LogP contribution in [0.15, 0.2) is 58.7 Å². The number of hydrogen-bond donors (Lipinski definition) is 3. The number of nitrogens with one attached hydrogen (secondary N) is 2. The number of carbonyl (C=O) groups is 3. The molecule has 2 aromatic rings. The van der Waals surface area contributed by atoms with E-state index in [0.29, 0.717) is 11.1 Å². The molecule has 0 saturated carbocycles. The van der Waals surface area contributed by atoms with Crippen LogP contribution < -0.4 is 10.6 Å². The summed E-state index contributed by atoms with van der Waals surface area (Å²) in [7, 11) is 0. The Morgan fingerprint density at radius 2 is 1.78 bits per heavy atom. The monoisotopic (exact) mass is 430 g/mol. The Bertz CT molecular complexity index is 891. The van der Waals surface area contributed by atoms with Gasteiger partial charge in [0, 0.05) is 10.0 Å². The molecule has 0 saturated heterocycles. The Balaban J connectivity index is 2.31. The van der Waals surface area contributed by atoms with E-state index >= 15 is 0 Å². The summed E-state index contributed by atoms with van der Waals surface area (Å²) < 4.78 is 0.805. The summed E-state index contributed by atoms with van der Waals surface area (Å²) in [6.07, 6.45) is 1.49. The maximum Gasteiger partial charge on any atom is 0.325 e. The molecular formula is C20H19BrN2O4. The first-order valence-corrected chi connectivity index (χ1v) is 8.94. The van der Waals surface area contributed by atoms with E-state index in [2.05, 4.69) is 26.6 Å². The Morgan fingerprint density at radius 3 is 2.37 bits per heavy atom. The lowest BCUT2D eigenvalue weighted by Gasteiger charge is -2.13. The van der Waals surface area contributed by atoms with Crippen molar-refractivity contribution < 1.29 is 19.5 Å². The molecule has 0 aliphatic carbocycles. The summed E-state index contributed by atoms with van der Waals surface area (Å²) in [6, 6.07) is 12.9. The van der Waals surface area contributed by atoms with Gasteiger partial charge in [-0.2, -0.15) is 0 Å². The van der Waals surface area contributed by atoms with Crippen LogP contribution in [0, 0.1) is 6.92 Å². The quantitative estimate of drug-likeness (QED) is 0.613. The van der Waals surface area contributed by atoms with Gasteiger partial charge in [0.2, 0.25) is 0 Å². The molecule has 0 radical (unpaired) electrons. The third-order valence-electron chi connectivity index (χ3n) is 3.68. The van der Waals surface area contributed by atoms with Crippen LogP contribution >= 0.6 is 15.9 Å². The van der Waals surface area contributed by atoms with E-state index in [9.17, 15) is 14.4 Å². The normalized spacial score (nSPS) is 12.2. The molecule has 140 valence electrons. The molecule has 0 fully saturated rings. The van der Waals surface area contributed by atoms with E-state index in [1.54, 1.807) is 42.5 Å². The van der Waals surface area contributed by atoms with Crippen molar-refractivity contribution in [2.45, 2.75) is 19.9 Å². The van der Waals surface area contributed by atoms with Crippen molar-refractivity contribution in [1.82, 2.24) is 10.6 Å². The predicted octanol–water partition coefficient (Wildman–Crippen LogP) is 3.12. The summed E-state index contributed by atoms with van der Waals surface area (Å²) in [5.74, 6) is -2.32. The van der Waals surface area contributed by atoms with Crippen molar-refractivity contribution in [2.24, 2.45) is 0 Å². The average molecular weight is 431 g/mol. The van der Waals surface area contributed by atoms with Crippen LogP contribution in [-0.2, 0) is 9.59 Å². The van der Waals surface area contributed by atoms with Gasteiger partial charge in [-0.25, -0.2) is 0 Å². The molecule has 27 heavy (non-hydrogen) atoms. The van der Waals surface area contributed by atoms with E-state index in [1.165, 1.54) is 13.0 Å². The topological polar surface area (TPSA) is 95.5 Å². The molecule has 0 spiro atoms. The number of aliphatic carboxylic acids is 1. The highest BCUT2D eigenvalue weighted by molar-refractivity contribution is 9.10. The van der Waals surface area contributed by atoms with Crippen molar-refractivity contribution in [1.29, 1.82) is 0 Å². The van der Waals surface area contributed by atoms with Gasteiger partial charge in [-0.15, -0.1) is 0 Å². The minimum atomic E-state index is -1.17. The number of carboxylic acid groups (broad SMARTS) is 1. The van der Waals surface area contributed by atoms with E-state index in [1.807, 2.05) is 13.0 Å². The van der Waals surface area contributed by atoms with Gasteiger partial charge in [0.25, 0.3) is 11.8 Å². The molecule has 0 heterocycles. The van der Waals surface area contributed by atoms with Crippen molar-refractivity contribution in [3.05, 3.63) is 75.4 Å². The van der Waals surface area contributed by atoms with Gasteiger partial charge >= 0.3 is 5.97 Å². The number of halogens is 1. The molecule has 0 aliphatic rings. The maximum atomic E-state index is 12.5. The first-order valence-electron chi connectivity index (χ1n) is 8.15. The zero-order valence-corrected chi connectivity index (χ0v) is 16.4. The van der Waals surface area contributed by atoms with Crippen molar-refractivity contribution in [3.8, 4) is 0 Å². The summed E-state index contributed by atoms with van der Waals surface area (Å²) in [6.45, 7) is 3.25. The highest BCUT2D eigenvalue weighted by Gasteiger charge is 2.19. The van der Waals surface area contributed by atoms with Gasteiger partial charge < -0.3 is 15.7 Å². The molecule has 6 nitrogen and oxygen atoms in total. The van der Waals surface area contributed by atoms with E-state index in [4.69, 9.17) is 5.11 Å². The number of carboxylic acids is 1. The zero-order valence-electron chi connectivity index (χ0n) is 14.8. The van der Waals surface area contributed by atoms with Crippen molar-refractivity contribution in [2.75, 3.05) is 0 Å². The number of amides is 2. The summed E-state index contributed by atoms with van der Waals surface area (Å²) in [5, 5.41) is 13.9. The number of rotatable bonds is 6. The second-order valence-corrected chi connectivity index (χ2v) is 6.88. The van der Waals surface area contributed by atoms with Crippen LogP contribution in [0.4, 0.5) is 0 Å². The van der Waals surface area contributed by atoms with Gasteiger partial charge in [-0.1, -0.05) is 45.8 Å². The van der Waals surface area contributed by atoms with Crippen LogP contribution in [0.25, 0.3) is 6.08 Å². The lowest BCUT2D eigenvalue weighted by molar-refractivity contribution is -0.140. The van der Waals surface area contributed by atoms with Crippen LogP contribution in [0.1, 0.15) is 28.4 Å². The van der Waals surface area contributed by atoms with Crippen molar-refractivity contribution >= 4 is 39.8 Å². The number of aryl methyl sites for hydroxylation is 1. The van der Waals surface area contributed by atoms with E-state index in [-0.39, 0.29) is 5.70 Å². The van der Waals surface area contributed by atoms with Crippen LogP contribution in [0.2, 0.25) is 0 Å². The smallest absolute Gasteiger partial charge is 0.325 e. The first-order chi connectivity index (χ1) is 12.8. The van der Waals surface area contributed by atoms with Gasteiger partial charge in [0.15, 0.2) is 0 Å². The lowest BCUT2D eigenvalue weighted by atomic mass is 10.1.